The number of hydrogen-bond donors (Lipinski definition) is 2. The third kappa shape index (κ3) is 2.12. The third-order valence-electron chi connectivity index (χ3n) is 8.70. The number of hydrogen-bond acceptors (Lipinski definition) is 4. The minimum absolute atomic E-state index is 0.0788. The Kier molecular flexibility index (Phi) is 4.44. The predicted octanol–water partition coefficient (Wildman–Crippen LogP) is 3.30. The summed E-state index contributed by atoms with van der Waals surface area (Å²) in [4.78, 5) is 24.6. The molecule has 0 spiro atoms. The summed E-state index contributed by atoms with van der Waals surface area (Å²) in [5.74, 6) is -1.03. The molecule has 4 rings (SSSR count). The number of halogens is 2. The number of Topliss-reactive ketones (excluding diaryl/α,β-unsaturated/α-hetero) is 1. The van der Waals surface area contributed by atoms with Gasteiger partial charge in [0.05, 0.1) is 10.4 Å². The van der Waals surface area contributed by atoms with Crippen molar-refractivity contribution in [2.45, 2.75) is 62.6 Å². The van der Waals surface area contributed by atoms with Crippen molar-refractivity contribution in [3.8, 4) is 0 Å². The molecule has 0 heterocycles. The molecule has 3 saturated carbocycles. The van der Waals surface area contributed by atoms with Gasteiger partial charge < -0.3 is 10.2 Å². The van der Waals surface area contributed by atoms with Crippen molar-refractivity contribution in [1.29, 1.82) is 0 Å². The fourth-order valence-corrected chi connectivity index (χ4v) is 8.00. The summed E-state index contributed by atoms with van der Waals surface area (Å²) in [5.41, 5.74) is -2.81. The molecule has 0 saturated heterocycles. The van der Waals surface area contributed by atoms with Gasteiger partial charge in [-0.2, -0.15) is 0 Å². The van der Waals surface area contributed by atoms with E-state index in [0.717, 1.165) is 5.57 Å². The fraction of sp³-hybridized carbons (Fsp3) is 0.727. The molecule has 3 fully saturated rings. The highest BCUT2D eigenvalue weighted by molar-refractivity contribution is 9.10. The summed E-state index contributed by atoms with van der Waals surface area (Å²) >= 11 is 3.67. The van der Waals surface area contributed by atoms with Gasteiger partial charge in [-0.15, -0.1) is 0 Å². The smallest absolute Gasteiger partial charge is 0.178 e. The summed E-state index contributed by atoms with van der Waals surface area (Å²) in [7, 11) is 0. The maximum absolute atomic E-state index is 16.9. The second-order valence-electron chi connectivity index (χ2n) is 9.69. The van der Waals surface area contributed by atoms with Gasteiger partial charge in [-0.05, 0) is 62.0 Å². The number of alkyl halides is 2. The molecular formula is C22H28BrFO4. The van der Waals surface area contributed by atoms with Gasteiger partial charge in [0.1, 0.15) is 6.61 Å². The van der Waals surface area contributed by atoms with Crippen molar-refractivity contribution in [1.82, 2.24) is 0 Å². The van der Waals surface area contributed by atoms with Gasteiger partial charge in [0.15, 0.2) is 17.2 Å². The second-order valence-corrected chi connectivity index (χ2v) is 10.9. The Morgan fingerprint density at radius 1 is 1.36 bits per heavy atom. The van der Waals surface area contributed by atoms with Crippen molar-refractivity contribution in [2.75, 3.05) is 6.61 Å². The van der Waals surface area contributed by atoms with E-state index in [1.807, 2.05) is 13.8 Å². The van der Waals surface area contributed by atoms with E-state index in [2.05, 4.69) is 15.9 Å². The Hall–Kier alpha value is -0.850. The number of carbonyl (C=O) groups excluding carboxylic acids is 2. The normalized spacial score (nSPS) is 52.5. The molecule has 4 nitrogen and oxygen atoms in total. The summed E-state index contributed by atoms with van der Waals surface area (Å²) in [6, 6.07) is 0. The van der Waals surface area contributed by atoms with Crippen LogP contribution in [0.3, 0.4) is 0 Å². The van der Waals surface area contributed by atoms with Gasteiger partial charge in [0.2, 0.25) is 0 Å². The number of carbonyl (C=O) groups is 2. The van der Waals surface area contributed by atoms with Crippen LogP contribution >= 0.6 is 15.9 Å². The van der Waals surface area contributed by atoms with E-state index < -0.39 is 39.5 Å². The second kappa shape index (κ2) is 6.08. The predicted molar refractivity (Wildman–Crippen MR) is 107 cm³/mol. The molecule has 1 unspecified atom stereocenters. The van der Waals surface area contributed by atoms with E-state index in [0.29, 0.717) is 19.3 Å². The summed E-state index contributed by atoms with van der Waals surface area (Å²) in [6.07, 6.45) is 5.26. The van der Waals surface area contributed by atoms with Crippen molar-refractivity contribution in [2.24, 2.45) is 28.6 Å². The van der Waals surface area contributed by atoms with E-state index >= 15 is 4.39 Å². The zero-order valence-electron chi connectivity index (χ0n) is 16.5. The zero-order valence-corrected chi connectivity index (χ0v) is 18.1. The molecule has 0 amide bonds. The van der Waals surface area contributed by atoms with Gasteiger partial charge in [-0.25, -0.2) is 4.39 Å². The van der Waals surface area contributed by atoms with Crippen LogP contribution in [0.25, 0.3) is 0 Å². The standard InChI is InChI=1S/C22H28BrFO4/c1-12-8-16-15-5-4-13-9-14(26)6-7-19(13,2)22(15,24)17(27)10-20(16,3)21(12,23)18(28)11-25/h6-7,9,12,15-17,25,27H,4-5,8,10-11H2,1-3H3/t12-,15+,16+,17+,19+,20+,21+,22?/m1/s1. The molecule has 28 heavy (non-hydrogen) atoms. The van der Waals surface area contributed by atoms with Crippen molar-refractivity contribution in [3.63, 3.8) is 0 Å². The molecule has 2 N–H and O–H groups in total. The van der Waals surface area contributed by atoms with Crippen LogP contribution in [-0.4, -0.2) is 44.5 Å². The number of ketones is 2. The van der Waals surface area contributed by atoms with Gasteiger partial charge in [0, 0.05) is 11.3 Å². The lowest BCUT2D eigenvalue weighted by Gasteiger charge is -2.62. The van der Waals surface area contributed by atoms with Gasteiger partial charge in [-0.3, -0.25) is 9.59 Å². The first-order valence-corrected chi connectivity index (χ1v) is 10.9. The van der Waals surface area contributed by atoms with Crippen LogP contribution in [-0.2, 0) is 9.59 Å². The van der Waals surface area contributed by atoms with Crippen LogP contribution in [0.2, 0.25) is 0 Å². The van der Waals surface area contributed by atoms with E-state index in [1.54, 1.807) is 13.0 Å². The lowest BCUT2D eigenvalue weighted by molar-refractivity contribution is -0.193. The van der Waals surface area contributed by atoms with Crippen LogP contribution in [0.1, 0.15) is 46.5 Å². The monoisotopic (exact) mass is 454 g/mol. The average Bonchev–Trinajstić information content (AvgIpc) is 2.84. The molecular weight excluding hydrogens is 427 g/mol. The molecule has 154 valence electrons. The summed E-state index contributed by atoms with van der Waals surface area (Å²) < 4.78 is 16.0. The zero-order chi connectivity index (χ0) is 20.7. The molecule has 0 radical (unpaired) electrons. The highest BCUT2D eigenvalue weighted by atomic mass is 79.9. The van der Waals surface area contributed by atoms with E-state index in [4.69, 9.17) is 0 Å². The van der Waals surface area contributed by atoms with Gasteiger partial charge >= 0.3 is 0 Å². The molecule has 6 heteroatoms. The summed E-state index contributed by atoms with van der Waals surface area (Å²) in [5, 5.41) is 20.8. The molecule has 0 aliphatic heterocycles. The van der Waals surface area contributed by atoms with Crippen molar-refractivity contribution >= 4 is 27.5 Å². The van der Waals surface area contributed by atoms with E-state index in [9.17, 15) is 19.8 Å². The molecule has 0 aromatic rings. The van der Waals surface area contributed by atoms with Crippen LogP contribution in [0.5, 0.6) is 0 Å². The SMILES string of the molecule is C[C@@H]1C[C@H]2[C@@H]3CCC4=CC(=O)C=C[C@]4(C)C3(F)[C@@H](O)C[C@]2(C)[C@@]1(Br)C(=O)CO. The van der Waals surface area contributed by atoms with Crippen LogP contribution in [0.4, 0.5) is 4.39 Å². The number of rotatable bonds is 2. The maximum Gasteiger partial charge on any atom is 0.178 e. The van der Waals surface area contributed by atoms with Crippen LogP contribution < -0.4 is 0 Å². The topological polar surface area (TPSA) is 74.6 Å². The van der Waals surface area contributed by atoms with Crippen molar-refractivity contribution < 1.29 is 24.2 Å². The first-order valence-electron chi connectivity index (χ1n) is 10.1. The lowest BCUT2D eigenvalue weighted by atomic mass is 9.45. The Morgan fingerprint density at radius 2 is 2.04 bits per heavy atom. The molecule has 4 aliphatic rings. The lowest BCUT2D eigenvalue weighted by Crippen LogP contribution is -2.68. The number of aliphatic hydroxyl groups excluding tert-OH is 2. The van der Waals surface area contributed by atoms with E-state index in [-0.39, 0.29) is 29.8 Å². The minimum Gasteiger partial charge on any atom is -0.390 e. The van der Waals surface area contributed by atoms with Gasteiger partial charge in [-0.1, -0.05) is 41.4 Å². The van der Waals surface area contributed by atoms with E-state index in [1.165, 1.54) is 12.2 Å². The molecule has 0 aromatic heterocycles. The number of allylic oxidation sites excluding steroid dienone is 4. The Bertz CT molecular complexity index is 808. The number of aliphatic hydroxyl groups is 2. The molecule has 0 bridgehead atoms. The first-order chi connectivity index (χ1) is 13.0. The maximum atomic E-state index is 16.9. The Balaban J connectivity index is 1.84. The molecule has 0 aromatic carbocycles. The average molecular weight is 455 g/mol. The summed E-state index contributed by atoms with van der Waals surface area (Å²) in [6.45, 7) is 5.14. The highest BCUT2D eigenvalue weighted by Crippen LogP contribution is 2.72. The molecule has 4 aliphatic carbocycles. The first kappa shape index (κ1) is 20.4. The van der Waals surface area contributed by atoms with Gasteiger partial charge in [0.25, 0.3) is 0 Å². The Labute approximate surface area is 173 Å². The third-order valence-corrected chi connectivity index (χ3v) is 10.8. The Morgan fingerprint density at radius 3 is 2.68 bits per heavy atom. The van der Waals surface area contributed by atoms with Crippen molar-refractivity contribution in [3.05, 3.63) is 23.8 Å². The number of fused-ring (bicyclic) bond motifs is 5. The molecule has 8 atom stereocenters. The van der Waals surface area contributed by atoms with Crippen LogP contribution in [0, 0.1) is 28.6 Å². The highest BCUT2D eigenvalue weighted by Gasteiger charge is 2.75. The largest absolute Gasteiger partial charge is 0.390 e. The van der Waals surface area contributed by atoms with Crippen LogP contribution in [0.15, 0.2) is 23.8 Å². The quantitative estimate of drug-likeness (QED) is 0.627. The fourth-order valence-electron chi connectivity index (χ4n) is 7.23. The minimum atomic E-state index is -1.89.